The molecule has 10 heteroatoms. The van der Waals surface area contributed by atoms with Crippen molar-refractivity contribution in [1.82, 2.24) is 19.4 Å². The van der Waals surface area contributed by atoms with E-state index in [0.717, 1.165) is 0 Å². The molecule has 0 aliphatic rings. The van der Waals surface area contributed by atoms with Crippen molar-refractivity contribution in [3.05, 3.63) is 51.1 Å². The Morgan fingerprint density at radius 2 is 2.07 bits per heavy atom. The first-order valence-corrected chi connectivity index (χ1v) is 9.93. The maximum Gasteiger partial charge on any atom is 0.350 e. The van der Waals surface area contributed by atoms with Crippen LogP contribution in [0.25, 0.3) is 5.69 Å². The summed E-state index contributed by atoms with van der Waals surface area (Å²) < 4.78 is 2.76. The van der Waals surface area contributed by atoms with Gasteiger partial charge in [-0.05, 0) is 32.4 Å². The van der Waals surface area contributed by atoms with Crippen LogP contribution in [-0.2, 0) is 16.2 Å². The molecule has 1 aromatic carbocycles. The Balaban J connectivity index is 2.44. The van der Waals surface area contributed by atoms with Crippen molar-refractivity contribution >= 4 is 34.8 Å². The summed E-state index contributed by atoms with van der Waals surface area (Å²) in [4.78, 5) is 30.5. The van der Waals surface area contributed by atoms with Crippen LogP contribution in [0, 0.1) is 6.92 Å². The van der Waals surface area contributed by atoms with Gasteiger partial charge < -0.3 is 5.32 Å². The molecule has 0 spiro atoms. The smallest absolute Gasteiger partial charge is 0.350 e. The van der Waals surface area contributed by atoms with Crippen LogP contribution in [-0.4, -0.2) is 45.0 Å². The summed E-state index contributed by atoms with van der Waals surface area (Å²) in [5.41, 5.74) is 0.521. The van der Waals surface area contributed by atoms with E-state index in [1.807, 2.05) is 13.8 Å². The van der Waals surface area contributed by atoms with Crippen molar-refractivity contribution in [2.24, 2.45) is 0 Å². The standard InChI is InChI=1S/C19H25Cl2N5O3/c1-6-9-25(29-5)18(27)15(7-2)22-16-11-17(14(21)10-13(16)20)26-19(28)24(8-3)12(4)23-26/h6,10-11,15,22H,1,7-9H2,2-5H3. The maximum absolute atomic E-state index is 12.7. The van der Waals surface area contributed by atoms with E-state index in [1.54, 1.807) is 19.1 Å². The molecule has 0 fully saturated rings. The van der Waals surface area contributed by atoms with Gasteiger partial charge in [0.15, 0.2) is 0 Å². The predicted molar refractivity (Wildman–Crippen MR) is 115 cm³/mol. The molecule has 2 aromatic rings. The first kappa shape index (κ1) is 23.0. The molecular weight excluding hydrogens is 417 g/mol. The second kappa shape index (κ2) is 9.96. The number of nitrogens with one attached hydrogen (secondary N) is 1. The largest absolute Gasteiger partial charge is 0.372 e. The molecule has 1 N–H and O–H groups in total. The molecule has 29 heavy (non-hydrogen) atoms. The zero-order valence-electron chi connectivity index (χ0n) is 16.9. The maximum atomic E-state index is 12.7. The average Bonchev–Trinajstić information content (AvgIpc) is 2.98. The highest BCUT2D eigenvalue weighted by atomic mass is 35.5. The second-order valence-corrected chi connectivity index (χ2v) is 7.06. The van der Waals surface area contributed by atoms with Gasteiger partial charge in [-0.2, -0.15) is 9.78 Å². The number of halogens is 2. The number of aromatic nitrogens is 3. The fraction of sp³-hybridized carbons (Fsp3) is 0.421. The van der Waals surface area contributed by atoms with Crippen LogP contribution in [0.3, 0.4) is 0 Å². The van der Waals surface area contributed by atoms with Crippen molar-refractivity contribution in [3.63, 3.8) is 0 Å². The molecule has 0 bridgehead atoms. The minimum Gasteiger partial charge on any atom is -0.372 e. The van der Waals surface area contributed by atoms with Gasteiger partial charge in [-0.25, -0.2) is 9.86 Å². The molecular formula is C19H25Cl2N5O3. The Morgan fingerprint density at radius 1 is 1.38 bits per heavy atom. The molecule has 1 aromatic heterocycles. The summed E-state index contributed by atoms with van der Waals surface area (Å²) in [6.45, 7) is 9.82. The number of anilines is 1. The van der Waals surface area contributed by atoms with Gasteiger partial charge in [0.1, 0.15) is 11.9 Å². The SMILES string of the molecule is C=CCN(OC)C(=O)C(CC)Nc1cc(-n2nc(C)n(CC)c2=O)c(Cl)cc1Cl. The molecule has 8 nitrogen and oxygen atoms in total. The van der Waals surface area contributed by atoms with Crippen molar-refractivity contribution in [3.8, 4) is 5.69 Å². The van der Waals surface area contributed by atoms with Gasteiger partial charge in [0, 0.05) is 6.54 Å². The van der Waals surface area contributed by atoms with Crippen LogP contribution < -0.4 is 11.0 Å². The quantitative estimate of drug-likeness (QED) is 0.476. The van der Waals surface area contributed by atoms with Crippen LogP contribution in [0.4, 0.5) is 5.69 Å². The second-order valence-electron chi connectivity index (χ2n) is 6.25. The molecule has 0 saturated carbocycles. The minimum atomic E-state index is -0.604. The number of carbonyl (C=O) groups excluding carboxylic acids is 1. The third-order valence-electron chi connectivity index (χ3n) is 4.43. The van der Waals surface area contributed by atoms with Gasteiger partial charge in [-0.15, -0.1) is 6.58 Å². The third-order valence-corrected chi connectivity index (χ3v) is 5.04. The number of hydroxylamine groups is 2. The summed E-state index contributed by atoms with van der Waals surface area (Å²) in [6, 6.07) is 2.52. The Kier molecular flexibility index (Phi) is 7.89. The van der Waals surface area contributed by atoms with Crippen molar-refractivity contribution in [2.45, 2.75) is 39.8 Å². The number of hydrogen-bond donors (Lipinski definition) is 1. The van der Waals surface area contributed by atoms with E-state index in [2.05, 4.69) is 17.0 Å². The zero-order chi connectivity index (χ0) is 21.7. The van der Waals surface area contributed by atoms with Crippen LogP contribution >= 0.6 is 23.2 Å². The van der Waals surface area contributed by atoms with Crippen LogP contribution in [0.5, 0.6) is 0 Å². The molecule has 0 saturated heterocycles. The summed E-state index contributed by atoms with van der Waals surface area (Å²) in [6.07, 6.45) is 2.05. The molecule has 1 heterocycles. The van der Waals surface area contributed by atoms with Crippen LogP contribution in [0.1, 0.15) is 26.1 Å². The van der Waals surface area contributed by atoms with Crippen LogP contribution in [0.2, 0.25) is 10.0 Å². The molecule has 0 radical (unpaired) electrons. The Hall–Kier alpha value is -2.29. The fourth-order valence-electron chi connectivity index (χ4n) is 2.90. The van der Waals surface area contributed by atoms with Crippen LogP contribution in [0.15, 0.2) is 29.6 Å². The number of benzene rings is 1. The first-order chi connectivity index (χ1) is 13.8. The lowest BCUT2D eigenvalue weighted by Gasteiger charge is -2.25. The lowest BCUT2D eigenvalue weighted by molar-refractivity contribution is -0.174. The van der Waals surface area contributed by atoms with Crippen molar-refractivity contribution in [1.29, 1.82) is 0 Å². The fourth-order valence-corrected chi connectivity index (χ4v) is 3.42. The molecule has 2 rings (SSSR count). The highest BCUT2D eigenvalue weighted by molar-refractivity contribution is 6.37. The van der Waals surface area contributed by atoms with E-state index in [1.165, 1.54) is 27.5 Å². The molecule has 1 atom stereocenters. The molecule has 158 valence electrons. The lowest BCUT2D eigenvalue weighted by atomic mass is 10.1. The number of carbonyl (C=O) groups is 1. The van der Waals surface area contributed by atoms with Crippen molar-refractivity contribution in [2.75, 3.05) is 19.0 Å². The summed E-state index contributed by atoms with van der Waals surface area (Å²) in [5.74, 6) is 0.297. The topological polar surface area (TPSA) is 81.4 Å². The van der Waals surface area contributed by atoms with Gasteiger partial charge in [-0.1, -0.05) is 36.2 Å². The van der Waals surface area contributed by atoms with Crippen molar-refractivity contribution < 1.29 is 9.63 Å². The van der Waals surface area contributed by atoms with E-state index in [9.17, 15) is 9.59 Å². The van der Waals surface area contributed by atoms with Gasteiger partial charge in [0.05, 0.1) is 35.1 Å². The van der Waals surface area contributed by atoms with Gasteiger partial charge in [0.25, 0.3) is 5.91 Å². The zero-order valence-corrected chi connectivity index (χ0v) is 18.4. The monoisotopic (exact) mass is 441 g/mol. The lowest BCUT2D eigenvalue weighted by Crippen LogP contribution is -2.42. The molecule has 1 amide bonds. The highest BCUT2D eigenvalue weighted by Gasteiger charge is 2.24. The Labute approximate surface area is 179 Å². The molecule has 0 aliphatic carbocycles. The summed E-state index contributed by atoms with van der Waals surface area (Å²) in [5, 5.41) is 9.20. The number of aryl methyl sites for hydroxylation is 1. The average molecular weight is 442 g/mol. The van der Waals surface area contributed by atoms with E-state index in [-0.39, 0.29) is 23.2 Å². The van der Waals surface area contributed by atoms with E-state index in [0.29, 0.717) is 35.2 Å². The van der Waals surface area contributed by atoms with Gasteiger partial charge in [-0.3, -0.25) is 14.2 Å². The molecule has 1 unspecified atom stereocenters. The van der Waals surface area contributed by atoms with E-state index in [4.69, 9.17) is 28.0 Å². The number of rotatable bonds is 9. The minimum absolute atomic E-state index is 0.246. The van der Waals surface area contributed by atoms with Gasteiger partial charge >= 0.3 is 5.69 Å². The Morgan fingerprint density at radius 3 is 2.59 bits per heavy atom. The van der Waals surface area contributed by atoms with E-state index < -0.39 is 6.04 Å². The third kappa shape index (κ3) is 4.83. The molecule has 0 aliphatic heterocycles. The Bertz CT molecular complexity index is 954. The predicted octanol–water partition coefficient (Wildman–Crippen LogP) is 3.44. The summed E-state index contributed by atoms with van der Waals surface area (Å²) in [7, 11) is 1.42. The number of nitrogens with zero attached hydrogens (tertiary/aromatic N) is 4. The number of amides is 1. The first-order valence-electron chi connectivity index (χ1n) is 9.17. The summed E-state index contributed by atoms with van der Waals surface area (Å²) >= 11 is 12.7. The normalized spacial score (nSPS) is 11.9. The van der Waals surface area contributed by atoms with E-state index >= 15 is 0 Å². The number of hydrogen-bond acceptors (Lipinski definition) is 5. The van der Waals surface area contributed by atoms with Gasteiger partial charge in [0.2, 0.25) is 0 Å². The highest BCUT2D eigenvalue weighted by Crippen LogP contribution is 2.31.